The van der Waals surface area contributed by atoms with Gasteiger partial charge in [0.15, 0.2) is 0 Å². The van der Waals surface area contributed by atoms with E-state index in [-0.39, 0.29) is 0 Å². The van der Waals surface area contributed by atoms with Crippen LogP contribution in [0.2, 0.25) is 0 Å². The van der Waals surface area contributed by atoms with Crippen molar-refractivity contribution in [2.45, 2.75) is 51.7 Å². The molecule has 1 heteroatoms. The lowest BCUT2D eigenvalue weighted by Gasteiger charge is -2.23. The summed E-state index contributed by atoms with van der Waals surface area (Å²) in [6.07, 6.45) is 5.07. The van der Waals surface area contributed by atoms with Crippen LogP contribution in [0.15, 0.2) is 0 Å². The van der Waals surface area contributed by atoms with Crippen molar-refractivity contribution in [3.63, 3.8) is 0 Å². The molecule has 0 N–H and O–H groups in total. The van der Waals surface area contributed by atoms with Gasteiger partial charge in [-0.25, -0.2) is 0 Å². The molecule has 0 aromatic rings. The van der Waals surface area contributed by atoms with Crippen LogP contribution >= 0.6 is 12.6 Å². The van der Waals surface area contributed by atoms with Crippen molar-refractivity contribution in [1.29, 1.82) is 0 Å². The van der Waals surface area contributed by atoms with Gasteiger partial charge in [0.1, 0.15) is 0 Å². The highest BCUT2D eigenvalue weighted by atomic mass is 32.1. The van der Waals surface area contributed by atoms with Crippen LogP contribution in [-0.4, -0.2) is 5.25 Å². The van der Waals surface area contributed by atoms with E-state index >= 15 is 0 Å². The first kappa shape index (κ1) is 10.3. The predicted octanol–water partition coefficient (Wildman–Crippen LogP) is 3.48. The minimum absolute atomic E-state index is 0.562. The van der Waals surface area contributed by atoms with E-state index in [0.29, 0.717) is 5.25 Å². The Morgan fingerprint density at radius 1 is 1.40 bits per heavy atom. The second-order valence-electron chi connectivity index (χ2n) is 3.09. The van der Waals surface area contributed by atoms with Gasteiger partial charge in [-0.1, -0.05) is 26.7 Å². The zero-order chi connectivity index (χ0) is 7.98. The van der Waals surface area contributed by atoms with E-state index in [1.165, 1.54) is 25.7 Å². The van der Waals surface area contributed by atoms with E-state index in [2.05, 4.69) is 33.4 Å². The van der Waals surface area contributed by atoms with Gasteiger partial charge in [0, 0.05) is 0 Å². The second kappa shape index (κ2) is 6.09. The molecule has 0 amide bonds. The number of rotatable bonds is 5. The van der Waals surface area contributed by atoms with Crippen LogP contribution < -0.4 is 0 Å². The molecule has 10 heavy (non-hydrogen) atoms. The summed E-state index contributed by atoms with van der Waals surface area (Å²) in [6, 6.07) is 0. The Kier molecular flexibility index (Phi) is 6.30. The molecule has 0 saturated heterocycles. The summed E-state index contributed by atoms with van der Waals surface area (Å²) >= 11 is 4.33. The van der Waals surface area contributed by atoms with Crippen LogP contribution in [0.4, 0.5) is 0 Å². The molecular formula is C9H19S-. The molecule has 0 heterocycles. The predicted molar refractivity (Wildman–Crippen MR) is 51.5 cm³/mol. The Labute approximate surface area is 70.8 Å². The quantitative estimate of drug-likeness (QED) is 0.461. The lowest BCUT2D eigenvalue weighted by atomic mass is 9.99. The largest absolute Gasteiger partial charge is 0.317 e. The summed E-state index contributed by atoms with van der Waals surface area (Å²) in [6.45, 7) is 6.63. The molecule has 0 radical (unpaired) electrons. The maximum absolute atomic E-state index is 4.33. The fourth-order valence-corrected chi connectivity index (χ4v) is 1.14. The van der Waals surface area contributed by atoms with Crippen molar-refractivity contribution in [2.24, 2.45) is 0 Å². The van der Waals surface area contributed by atoms with Crippen molar-refractivity contribution < 1.29 is 0 Å². The molecule has 0 aliphatic carbocycles. The highest BCUT2D eigenvalue weighted by Crippen LogP contribution is 2.17. The molecule has 0 aromatic heterocycles. The van der Waals surface area contributed by atoms with E-state index in [9.17, 15) is 0 Å². The van der Waals surface area contributed by atoms with Gasteiger partial charge in [-0.3, -0.25) is 0 Å². The van der Waals surface area contributed by atoms with Crippen LogP contribution in [0, 0.1) is 5.92 Å². The molecule has 0 rings (SSSR count). The fourth-order valence-electron chi connectivity index (χ4n) is 1.01. The lowest BCUT2D eigenvalue weighted by molar-refractivity contribution is 0.671. The molecule has 62 valence electrons. The van der Waals surface area contributed by atoms with Crippen LogP contribution in [-0.2, 0) is 0 Å². The molecule has 0 aliphatic heterocycles. The average Bonchev–Trinajstić information content (AvgIpc) is 1.85. The summed E-state index contributed by atoms with van der Waals surface area (Å²) in [5.74, 6) is 1.63. The molecular weight excluding hydrogens is 140 g/mol. The van der Waals surface area contributed by atoms with Gasteiger partial charge in [0.05, 0.1) is 0 Å². The number of hydrogen-bond acceptors (Lipinski definition) is 1. The fraction of sp³-hybridized carbons (Fsp3) is 0.889. The highest BCUT2D eigenvalue weighted by molar-refractivity contribution is 7.80. The van der Waals surface area contributed by atoms with Crippen molar-refractivity contribution in [3.05, 3.63) is 5.92 Å². The van der Waals surface area contributed by atoms with E-state index in [0.717, 1.165) is 0 Å². The first-order valence-electron chi connectivity index (χ1n) is 4.16. The summed E-state index contributed by atoms with van der Waals surface area (Å²) < 4.78 is 0. The van der Waals surface area contributed by atoms with Gasteiger partial charge in [-0.15, -0.1) is 0 Å². The Morgan fingerprint density at radius 3 is 2.40 bits per heavy atom. The van der Waals surface area contributed by atoms with Crippen LogP contribution in [0.3, 0.4) is 0 Å². The Morgan fingerprint density at radius 2 is 2.00 bits per heavy atom. The Bertz CT molecular complexity index is 69.1. The summed E-state index contributed by atoms with van der Waals surface area (Å²) in [4.78, 5) is 0. The second-order valence-corrected chi connectivity index (χ2v) is 3.98. The zero-order valence-corrected chi connectivity index (χ0v) is 8.25. The molecule has 0 nitrogen and oxygen atoms in total. The molecule has 0 fully saturated rings. The molecule has 0 saturated carbocycles. The first-order chi connectivity index (χ1) is 4.66. The maximum Gasteiger partial charge on any atom is -0.00357 e. The van der Waals surface area contributed by atoms with E-state index in [1.807, 2.05) is 0 Å². The SMILES string of the molecule is CCC[C-](C)CCC(C)S. The molecule has 0 bridgehead atoms. The van der Waals surface area contributed by atoms with Gasteiger partial charge in [-0.05, 0) is 5.25 Å². The van der Waals surface area contributed by atoms with Gasteiger partial charge in [0.25, 0.3) is 0 Å². The first-order valence-corrected chi connectivity index (χ1v) is 4.67. The third-order valence-electron chi connectivity index (χ3n) is 1.67. The minimum atomic E-state index is 0.562. The molecule has 1 unspecified atom stereocenters. The third-order valence-corrected chi connectivity index (χ3v) is 1.92. The maximum atomic E-state index is 4.33. The van der Waals surface area contributed by atoms with Crippen LogP contribution in [0.1, 0.15) is 46.5 Å². The standard InChI is InChI=1S/C9H19S/c1-4-5-8(2)6-7-9(3)10/h9-10H,4-7H2,1-3H3/q-1. The monoisotopic (exact) mass is 159 g/mol. The van der Waals surface area contributed by atoms with Crippen molar-refractivity contribution in [3.8, 4) is 0 Å². The Balaban J connectivity index is 3.12. The smallest absolute Gasteiger partial charge is 0.00357 e. The third kappa shape index (κ3) is 6.47. The van der Waals surface area contributed by atoms with Gasteiger partial charge >= 0.3 is 0 Å². The molecule has 0 aromatic carbocycles. The lowest BCUT2D eigenvalue weighted by Crippen LogP contribution is -1.96. The van der Waals surface area contributed by atoms with Gasteiger partial charge in [0.2, 0.25) is 0 Å². The van der Waals surface area contributed by atoms with E-state index in [1.54, 1.807) is 5.92 Å². The molecule has 0 spiro atoms. The minimum Gasteiger partial charge on any atom is -0.317 e. The van der Waals surface area contributed by atoms with Crippen LogP contribution in [0.5, 0.6) is 0 Å². The van der Waals surface area contributed by atoms with Crippen molar-refractivity contribution in [1.82, 2.24) is 0 Å². The summed E-state index contributed by atoms with van der Waals surface area (Å²) in [5.41, 5.74) is 0. The van der Waals surface area contributed by atoms with Gasteiger partial charge < -0.3 is 5.92 Å². The van der Waals surface area contributed by atoms with Crippen molar-refractivity contribution in [2.75, 3.05) is 0 Å². The number of thiol groups is 1. The van der Waals surface area contributed by atoms with Crippen LogP contribution in [0.25, 0.3) is 0 Å². The summed E-state index contributed by atoms with van der Waals surface area (Å²) in [5, 5.41) is 0.562. The highest BCUT2D eigenvalue weighted by Gasteiger charge is 1.91. The van der Waals surface area contributed by atoms with E-state index < -0.39 is 0 Å². The topological polar surface area (TPSA) is 0 Å². The zero-order valence-electron chi connectivity index (χ0n) is 7.35. The normalized spacial score (nSPS) is 14.1. The molecule has 0 aliphatic rings. The Hall–Kier alpha value is 0.350. The van der Waals surface area contributed by atoms with Gasteiger partial charge in [-0.2, -0.15) is 32.4 Å². The number of hydrogen-bond donors (Lipinski definition) is 1. The van der Waals surface area contributed by atoms with E-state index in [4.69, 9.17) is 0 Å². The summed E-state index contributed by atoms with van der Waals surface area (Å²) in [7, 11) is 0. The van der Waals surface area contributed by atoms with Crippen molar-refractivity contribution >= 4 is 12.6 Å². The average molecular weight is 159 g/mol. The molecule has 1 atom stereocenters.